The Morgan fingerprint density at radius 3 is 2.83 bits per heavy atom. The Morgan fingerprint density at radius 1 is 1.20 bits per heavy atom. The van der Waals surface area contributed by atoms with Gasteiger partial charge in [-0.2, -0.15) is 0 Å². The lowest BCUT2D eigenvalue weighted by molar-refractivity contribution is 0.0950. The first-order chi connectivity index (χ1) is 14.7. The van der Waals surface area contributed by atoms with E-state index in [1.165, 1.54) is 32.1 Å². The van der Waals surface area contributed by atoms with E-state index in [-0.39, 0.29) is 5.91 Å². The van der Waals surface area contributed by atoms with E-state index in [1.54, 1.807) is 11.9 Å². The van der Waals surface area contributed by atoms with Gasteiger partial charge in [-0.3, -0.25) is 8.77 Å². The summed E-state index contributed by atoms with van der Waals surface area (Å²) >= 11 is 1.55. The van der Waals surface area contributed by atoms with Crippen LogP contribution in [0.4, 0.5) is 5.82 Å². The highest BCUT2D eigenvalue weighted by molar-refractivity contribution is 7.97. The summed E-state index contributed by atoms with van der Waals surface area (Å²) in [4.78, 5) is 27.5. The van der Waals surface area contributed by atoms with Crippen molar-refractivity contribution in [2.45, 2.75) is 38.6 Å². The van der Waals surface area contributed by atoms with Crippen LogP contribution in [0.5, 0.6) is 0 Å². The molecule has 0 radical (unpaired) electrons. The number of piperidine rings is 1. The molecule has 1 saturated carbocycles. The Morgan fingerprint density at radius 2 is 2.07 bits per heavy atom. The lowest BCUT2D eigenvalue weighted by Gasteiger charge is -2.41. The molecule has 158 valence electrons. The average molecular weight is 425 g/mol. The summed E-state index contributed by atoms with van der Waals surface area (Å²) < 4.78 is 1.90. The van der Waals surface area contributed by atoms with Crippen LogP contribution in [0.1, 0.15) is 48.3 Å². The van der Waals surface area contributed by atoms with Gasteiger partial charge in [0.05, 0.1) is 17.6 Å². The molecule has 5 rings (SSSR count). The van der Waals surface area contributed by atoms with Gasteiger partial charge in [0.25, 0.3) is 5.91 Å². The van der Waals surface area contributed by atoms with E-state index < -0.39 is 0 Å². The maximum atomic E-state index is 12.3. The Hall–Kier alpha value is -2.48. The third-order valence-corrected chi connectivity index (χ3v) is 7.18. The fourth-order valence-corrected chi connectivity index (χ4v) is 5.00. The number of H-pyrrole nitrogens is 1. The van der Waals surface area contributed by atoms with Crippen molar-refractivity contribution in [3.05, 3.63) is 42.0 Å². The Bertz CT molecular complexity index is 1040. The van der Waals surface area contributed by atoms with Crippen molar-refractivity contribution in [1.82, 2.24) is 24.2 Å². The van der Waals surface area contributed by atoms with Crippen LogP contribution in [0.3, 0.4) is 0 Å². The molecule has 2 N–H and O–H groups in total. The van der Waals surface area contributed by atoms with Crippen molar-refractivity contribution in [2.75, 3.05) is 24.2 Å². The summed E-state index contributed by atoms with van der Waals surface area (Å²) in [5, 5.41) is 2.93. The predicted octanol–water partition coefficient (Wildman–Crippen LogP) is 3.83. The maximum Gasteiger partial charge on any atom is 0.253 e. The number of aromatic amines is 1. The fourth-order valence-electron chi connectivity index (χ4n) is 4.60. The average Bonchev–Trinajstić information content (AvgIpc) is 3.37. The van der Waals surface area contributed by atoms with Crippen molar-refractivity contribution < 1.29 is 4.79 Å². The molecule has 3 aromatic heterocycles. The SMILES string of the molecule is CSn1ccc(C(=O)NCc2nc3nc(N4CCCC(C5CCC5)C4)ccc3[nH]2)c1. The second kappa shape index (κ2) is 8.34. The van der Waals surface area contributed by atoms with Crippen molar-refractivity contribution in [1.29, 1.82) is 0 Å². The highest BCUT2D eigenvalue weighted by atomic mass is 32.2. The van der Waals surface area contributed by atoms with Crippen molar-refractivity contribution >= 4 is 34.8 Å². The molecule has 2 aliphatic rings. The van der Waals surface area contributed by atoms with Gasteiger partial charge in [-0.1, -0.05) is 19.3 Å². The van der Waals surface area contributed by atoms with E-state index in [9.17, 15) is 4.79 Å². The largest absolute Gasteiger partial charge is 0.356 e. The number of fused-ring (bicyclic) bond motifs is 1. The Kier molecular flexibility index (Phi) is 5.41. The number of aromatic nitrogens is 4. The molecule has 1 aliphatic heterocycles. The molecular formula is C22H28N6OS. The Balaban J connectivity index is 1.25. The van der Waals surface area contributed by atoms with Crippen molar-refractivity contribution in [3.8, 4) is 0 Å². The number of pyridine rings is 1. The van der Waals surface area contributed by atoms with E-state index in [4.69, 9.17) is 4.98 Å². The maximum absolute atomic E-state index is 12.3. The standard InChI is InChI=1S/C22H28N6OS/c1-30-28-11-9-17(14-28)22(29)23-12-19-24-18-7-8-20(26-21(18)25-19)27-10-3-6-16(13-27)15-4-2-5-15/h7-9,11,14-16H,2-6,10,12-13H2,1H3,(H,23,29)(H,24,25,26). The van der Waals surface area contributed by atoms with Gasteiger partial charge in [0, 0.05) is 31.7 Å². The number of amides is 1. The lowest BCUT2D eigenvalue weighted by Crippen LogP contribution is -2.40. The second-order valence-electron chi connectivity index (χ2n) is 8.39. The van der Waals surface area contributed by atoms with Crippen LogP contribution in [0.2, 0.25) is 0 Å². The summed E-state index contributed by atoms with van der Waals surface area (Å²) in [7, 11) is 0. The van der Waals surface area contributed by atoms with Gasteiger partial charge < -0.3 is 15.2 Å². The molecule has 1 atom stereocenters. The summed E-state index contributed by atoms with van der Waals surface area (Å²) in [6, 6.07) is 5.96. The molecule has 8 heteroatoms. The van der Waals surface area contributed by atoms with Crippen LogP contribution in [0, 0.1) is 11.8 Å². The minimum atomic E-state index is -0.104. The molecule has 3 aromatic rings. The van der Waals surface area contributed by atoms with Crippen LogP contribution in [-0.2, 0) is 6.54 Å². The zero-order valence-corrected chi connectivity index (χ0v) is 18.1. The number of hydrogen-bond acceptors (Lipinski definition) is 5. The molecule has 2 fully saturated rings. The zero-order chi connectivity index (χ0) is 20.5. The number of nitrogens with one attached hydrogen (secondary N) is 2. The minimum absolute atomic E-state index is 0.104. The lowest BCUT2D eigenvalue weighted by atomic mass is 9.73. The molecule has 1 saturated heterocycles. The molecule has 1 unspecified atom stereocenters. The van der Waals surface area contributed by atoms with Crippen LogP contribution in [-0.4, -0.2) is 44.2 Å². The zero-order valence-electron chi connectivity index (χ0n) is 17.3. The normalized spacial score (nSPS) is 19.8. The van der Waals surface area contributed by atoms with E-state index in [0.717, 1.165) is 47.7 Å². The topological polar surface area (TPSA) is 78.8 Å². The first-order valence-corrected chi connectivity index (χ1v) is 12.0. The Labute approximate surface area is 180 Å². The van der Waals surface area contributed by atoms with Crippen molar-refractivity contribution in [3.63, 3.8) is 0 Å². The van der Waals surface area contributed by atoms with Crippen LogP contribution in [0.15, 0.2) is 30.6 Å². The first-order valence-electron chi connectivity index (χ1n) is 10.8. The summed E-state index contributed by atoms with van der Waals surface area (Å²) in [5.74, 6) is 3.37. The van der Waals surface area contributed by atoms with Gasteiger partial charge in [0.1, 0.15) is 11.6 Å². The molecule has 4 heterocycles. The smallest absolute Gasteiger partial charge is 0.253 e. The first kappa shape index (κ1) is 19.5. The highest BCUT2D eigenvalue weighted by Gasteiger charge is 2.31. The summed E-state index contributed by atoms with van der Waals surface area (Å²) in [6.45, 7) is 2.54. The van der Waals surface area contributed by atoms with Gasteiger partial charge >= 0.3 is 0 Å². The second-order valence-corrected chi connectivity index (χ2v) is 9.18. The van der Waals surface area contributed by atoms with Gasteiger partial charge in [-0.15, -0.1) is 0 Å². The minimum Gasteiger partial charge on any atom is -0.356 e. The number of carbonyl (C=O) groups is 1. The number of nitrogens with zero attached hydrogens (tertiary/aromatic N) is 4. The number of rotatable bonds is 6. The number of anilines is 1. The summed E-state index contributed by atoms with van der Waals surface area (Å²) in [5.41, 5.74) is 2.27. The molecule has 7 nitrogen and oxygen atoms in total. The molecule has 0 aromatic carbocycles. The van der Waals surface area contributed by atoms with E-state index in [2.05, 4.69) is 32.3 Å². The van der Waals surface area contributed by atoms with Crippen LogP contribution >= 0.6 is 11.9 Å². The van der Waals surface area contributed by atoms with E-state index in [0.29, 0.717) is 12.1 Å². The molecule has 30 heavy (non-hydrogen) atoms. The molecular weight excluding hydrogens is 396 g/mol. The van der Waals surface area contributed by atoms with Gasteiger partial charge in [-0.25, -0.2) is 9.97 Å². The van der Waals surface area contributed by atoms with Crippen LogP contribution in [0.25, 0.3) is 11.2 Å². The highest BCUT2D eigenvalue weighted by Crippen LogP contribution is 2.38. The molecule has 0 spiro atoms. The van der Waals surface area contributed by atoms with Crippen molar-refractivity contribution in [2.24, 2.45) is 11.8 Å². The number of hydrogen-bond donors (Lipinski definition) is 2. The van der Waals surface area contributed by atoms with E-state index >= 15 is 0 Å². The van der Waals surface area contributed by atoms with Gasteiger partial charge in [-0.05, 0) is 54.8 Å². The number of carbonyl (C=O) groups excluding carboxylic acids is 1. The molecule has 0 bridgehead atoms. The third-order valence-electron chi connectivity index (χ3n) is 6.54. The number of imidazole rings is 1. The van der Waals surface area contributed by atoms with Crippen LogP contribution < -0.4 is 10.2 Å². The fraction of sp³-hybridized carbons (Fsp3) is 0.500. The molecule has 1 aliphatic carbocycles. The van der Waals surface area contributed by atoms with Gasteiger partial charge in [0.2, 0.25) is 0 Å². The summed E-state index contributed by atoms with van der Waals surface area (Å²) in [6.07, 6.45) is 12.5. The predicted molar refractivity (Wildman–Crippen MR) is 121 cm³/mol. The quantitative estimate of drug-likeness (QED) is 0.629. The molecule has 1 amide bonds. The third kappa shape index (κ3) is 3.93. The van der Waals surface area contributed by atoms with Gasteiger partial charge in [0.15, 0.2) is 5.65 Å². The monoisotopic (exact) mass is 424 g/mol. The van der Waals surface area contributed by atoms with E-state index in [1.807, 2.05) is 28.7 Å².